The van der Waals surface area contributed by atoms with Crippen LogP contribution in [0.4, 0.5) is 5.69 Å². The Morgan fingerprint density at radius 2 is 2.25 bits per heavy atom. The predicted molar refractivity (Wildman–Crippen MR) is 70.9 cm³/mol. The van der Waals surface area contributed by atoms with Crippen LogP contribution >= 0.6 is 15.9 Å². The second-order valence-electron chi connectivity index (χ2n) is 4.57. The van der Waals surface area contributed by atoms with Gasteiger partial charge in [0.05, 0.1) is 6.61 Å². The van der Waals surface area contributed by atoms with Crippen LogP contribution in [0.5, 0.6) is 0 Å². The first-order valence-corrected chi connectivity index (χ1v) is 6.56. The van der Waals surface area contributed by atoms with E-state index >= 15 is 0 Å². The molecule has 1 saturated heterocycles. The van der Waals surface area contributed by atoms with E-state index in [1.807, 2.05) is 0 Å². The maximum absolute atomic E-state index is 5.41. The number of halogens is 1. The molecule has 0 aromatic heterocycles. The molecule has 0 aliphatic carbocycles. The van der Waals surface area contributed by atoms with Gasteiger partial charge in [-0.15, -0.1) is 0 Å². The number of rotatable bonds is 3. The van der Waals surface area contributed by atoms with E-state index in [1.165, 1.54) is 17.7 Å². The minimum atomic E-state index is 0.469. The second-order valence-corrected chi connectivity index (χ2v) is 5.49. The molecule has 2 unspecified atom stereocenters. The van der Waals surface area contributed by atoms with Crippen LogP contribution in [0, 0.1) is 12.8 Å². The molecule has 1 aliphatic heterocycles. The van der Waals surface area contributed by atoms with Crippen LogP contribution in [0.1, 0.15) is 18.9 Å². The Labute approximate surface area is 106 Å². The van der Waals surface area contributed by atoms with Gasteiger partial charge in [-0.3, -0.25) is 0 Å². The Kier molecular flexibility index (Phi) is 3.87. The van der Waals surface area contributed by atoms with Crippen molar-refractivity contribution in [2.45, 2.75) is 26.3 Å². The van der Waals surface area contributed by atoms with Crippen molar-refractivity contribution < 1.29 is 4.74 Å². The zero-order valence-electron chi connectivity index (χ0n) is 9.79. The zero-order chi connectivity index (χ0) is 11.5. The van der Waals surface area contributed by atoms with Crippen LogP contribution in [-0.4, -0.2) is 19.3 Å². The molecule has 3 heteroatoms. The molecule has 1 heterocycles. The highest BCUT2D eigenvalue weighted by Gasteiger charge is 2.22. The summed E-state index contributed by atoms with van der Waals surface area (Å²) in [5.41, 5.74) is 2.46. The van der Waals surface area contributed by atoms with Crippen LogP contribution in [0.15, 0.2) is 22.7 Å². The predicted octanol–water partition coefficient (Wildman–Crippen LogP) is 3.59. The number of hydrogen-bond donors (Lipinski definition) is 1. The van der Waals surface area contributed by atoms with Crippen LogP contribution in [0.2, 0.25) is 0 Å². The number of nitrogens with one attached hydrogen (secondary N) is 1. The van der Waals surface area contributed by atoms with Crippen molar-refractivity contribution in [3.05, 3.63) is 28.2 Å². The third-order valence-electron chi connectivity index (χ3n) is 3.11. The molecule has 2 rings (SSSR count). The molecule has 2 atom stereocenters. The van der Waals surface area contributed by atoms with E-state index in [-0.39, 0.29) is 0 Å². The van der Waals surface area contributed by atoms with Gasteiger partial charge >= 0.3 is 0 Å². The topological polar surface area (TPSA) is 21.3 Å². The largest absolute Gasteiger partial charge is 0.382 e. The van der Waals surface area contributed by atoms with E-state index < -0.39 is 0 Å². The smallest absolute Gasteiger partial charge is 0.0514 e. The summed E-state index contributed by atoms with van der Waals surface area (Å²) in [7, 11) is 0. The van der Waals surface area contributed by atoms with E-state index in [0.717, 1.165) is 17.7 Å². The van der Waals surface area contributed by atoms with Gasteiger partial charge in [0.25, 0.3) is 0 Å². The SMILES string of the molecule is Cc1cc(Br)cc(NC(C)C2CCOC2)c1. The monoisotopic (exact) mass is 283 g/mol. The highest BCUT2D eigenvalue weighted by molar-refractivity contribution is 9.10. The number of benzene rings is 1. The Morgan fingerprint density at radius 3 is 2.88 bits per heavy atom. The van der Waals surface area contributed by atoms with Gasteiger partial charge in [0, 0.05) is 28.7 Å². The maximum Gasteiger partial charge on any atom is 0.0514 e. The molecule has 0 radical (unpaired) electrons. The zero-order valence-corrected chi connectivity index (χ0v) is 11.4. The summed E-state index contributed by atoms with van der Waals surface area (Å²) in [5, 5.41) is 3.56. The van der Waals surface area contributed by atoms with Gasteiger partial charge in [0.2, 0.25) is 0 Å². The van der Waals surface area contributed by atoms with Crippen molar-refractivity contribution in [3.63, 3.8) is 0 Å². The van der Waals surface area contributed by atoms with E-state index in [9.17, 15) is 0 Å². The summed E-state index contributed by atoms with van der Waals surface area (Å²) in [5.74, 6) is 0.638. The lowest BCUT2D eigenvalue weighted by Crippen LogP contribution is -2.26. The number of anilines is 1. The molecule has 2 nitrogen and oxygen atoms in total. The van der Waals surface area contributed by atoms with E-state index in [2.05, 4.69) is 53.3 Å². The normalized spacial score (nSPS) is 22.1. The average molecular weight is 284 g/mol. The van der Waals surface area contributed by atoms with Gasteiger partial charge in [0.1, 0.15) is 0 Å². The first-order chi connectivity index (χ1) is 7.65. The maximum atomic E-state index is 5.41. The fourth-order valence-corrected chi connectivity index (χ4v) is 2.76. The molecule has 88 valence electrons. The Hall–Kier alpha value is -0.540. The van der Waals surface area contributed by atoms with E-state index in [4.69, 9.17) is 4.74 Å². The molecular weight excluding hydrogens is 266 g/mol. The first-order valence-electron chi connectivity index (χ1n) is 5.76. The fraction of sp³-hybridized carbons (Fsp3) is 0.538. The van der Waals surface area contributed by atoms with Crippen molar-refractivity contribution in [1.29, 1.82) is 0 Å². The van der Waals surface area contributed by atoms with E-state index in [0.29, 0.717) is 12.0 Å². The molecule has 0 spiro atoms. The van der Waals surface area contributed by atoms with E-state index in [1.54, 1.807) is 0 Å². The highest BCUT2D eigenvalue weighted by Crippen LogP contribution is 2.23. The third kappa shape index (κ3) is 2.98. The Morgan fingerprint density at radius 1 is 1.44 bits per heavy atom. The Balaban J connectivity index is 2.02. The minimum Gasteiger partial charge on any atom is -0.382 e. The van der Waals surface area contributed by atoms with Gasteiger partial charge in [-0.2, -0.15) is 0 Å². The minimum absolute atomic E-state index is 0.469. The molecule has 0 amide bonds. The lowest BCUT2D eigenvalue weighted by Gasteiger charge is -2.21. The molecule has 1 aromatic carbocycles. The van der Waals surface area contributed by atoms with Crippen LogP contribution in [0.3, 0.4) is 0 Å². The highest BCUT2D eigenvalue weighted by atomic mass is 79.9. The molecule has 0 saturated carbocycles. The second kappa shape index (κ2) is 5.19. The molecule has 1 aromatic rings. The van der Waals surface area contributed by atoms with Crippen LogP contribution in [0.25, 0.3) is 0 Å². The van der Waals surface area contributed by atoms with Crippen LogP contribution in [-0.2, 0) is 4.74 Å². The number of ether oxygens (including phenoxy) is 1. The van der Waals surface area contributed by atoms with Gasteiger partial charge in [-0.25, -0.2) is 0 Å². The molecule has 0 bridgehead atoms. The molecule has 1 fully saturated rings. The third-order valence-corrected chi connectivity index (χ3v) is 3.57. The van der Waals surface area contributed by atoms with Crippen molar-refractivity contribution in [2.24, 2.45) is 5.92 Å². The number of hydrogen-bond acceptors (Lipinski definition) is 2. The van der Waals surface area contributed by atoms with Gasteiger partial charge in [-0.1, -0.05) is 15.9 Å². The summed E-state index contributed by atoms with van der Waals surface area (Å²) in [6, 6.07) is 6.89. The molecule has 1 N–H and O–H groups in total. The summed E-state index contributed by atoms with van der Waals surface area (Å²) in [6.07, 6.45) is 1.17. The average Bonchev–Trinajstić information content (AvgIpc) is 2.68. The lowest BCUT2D eigenvalue weighted by atomic mass is 10.0. The lowest BCUT2D eigenvalue weighted by molar-refractivity contribution is 0.183. The number of aryl methyl sites for hydroxylation is 1. The van der Waals surface area contributed by atoms with Crippen molar-refractivity contribution in [2.75, 3.05) is 18.5 Å². The van der Waals surface area contributed by atoms with Gasteiger partial charge < -0.3 is 10.1 Å². The Bertz CT molecular complexity index is 341. The molecule has 16 heavy (non-hydrogen) atoms. The van der Waals surface area contributed by atoms with Gasteiger partial charge in [-0.05, 0) is 44.0 Å². The van der Waals surface area contributed by atoms with Crippen molar-refractivity contribution in [1.82, 2.24) is 0 Å². The van der Waals surface area contributed by atoms with Crippen molar-refractivity contribution in [3.8, 4) is 0 Å². The summed E-state index contributed by atoms with van der Waals surface area (Å²) in [4.78, 5) is 0. The summed E-state index contributed by atoms with van der Waals surface area (Å²) in [6.45, 7) is 6.14. The summed E-state index contributed by atoms with van der Waals surface area (Å²) < 4.78 is 6.54. The standard InChI is InChI=1S/C13H18BrNO/c1-9-5-12(14)7-13(6-9)15-10(2)11-3-4-16-8-11/h5-7,10-11,15H,3-4,8H2,1-2H3. The first kappa shape index (κ1) is 11.9. The van der Waals surface area contributed by atoms with Crippen molar-refractivity contribution >= 4 is 21.6 Å². The summed E-state index contributed by atoms with van der Waals surface area (Å²) >= 11 is 3.52. The van der Waals surface area contributed by atoms with Crippen LogP contribution < -0.4 is 5.32 Å². The molecular formula is C13H18BrNO. The molecule has 1 aliphatic rings. The quantitative estimate of drug-likeness (QED) is 0.915. The van der Waals surface area contributed by atoms with Gasteiger partial charge in [0.15, 0.2) is 0 Å². The fourth-order valence-electron chi connectivity index (χ4n) is 2.15.